The number of amides is 1. The number of aryl methyl sites for hydroxylation is 1. The number of hydrogen-bond donors (Lipinski definition) is 0. The van der Waals surface area contributed by atoms with Gasteiger partial charge in [0, 0.05) is 41.1 Å². The second-order valence-corrected chi connectivity index (χ2v) is 11.7. The number of carbonyl (C=O) groups is 1. The molecule has 0 saturated carbocycles. The zero-order chi connectivity index (χ0) is 25.5. The Labute approximate surface area is 207 Å². The van der Waals surface area contributed by atoms with Crippen molar-refractivity contribution < 1.29 is 17.9 Å². The van der Waals surface area contributed by atoms with Crippen LogP contribution in [0.1, 0.15) is 32.0 Å². The lowest BCUT2D eigenvalue weighted by atomic mass is 10.0. The standard InChI is InChI=1S/C28H32N2O4S/c1-19-22(16-17-30(27(31)34-6)28(2,3)4)24-18-21(14-15-25(24)29(19)5)35(32,33)26-13-9-11-20-10-7-8-12-23(20)26/h7-15,18H,16-17H2,1-6H3. The molecule has 184 valence electrons. The molecule has 0 radical (unpaired) electrons. The zero-order valence-corrected chi connectivity index (χ0v) is 21.9. The number of hydrogen-bond acceptors (Lipinski definition) is 4. The SMILES string of the molecule is COC(=O)N(CCc1c(C)n(C)c2ccc(S(=O)(=O)c3cccc4ccccc34)cc12)C(C)(C)C. The highest BCUT2D eigenvalue weighted by Crippen LogP contribution is 2.33. The lowest BCUT2D eigenvalue weighted by Crippen LogP contribution is -2.46. The average Bonchev–Trinajstić information content (AvgIpc) is 3.07. The van der Waals surface area contributed by atoms with Crippen molar-refractivity contribution >= 4 is 37.6 Å². The Hall–Kier alpha value is -3.32. The molecule has 0 aliphatic carbocycles. The number of fused-ring (bicyclic) bond motifs is 2. The summed E-state index contributed by atoms with van der Waals surface area (Å²) in [7, 11) is -0.385. The van der Waals surface area contributed by atoms with Crippen LogP contribution in [0.2, 0.25) is 0 Å². The van der Waals surface area contributed by atoms with Crippen LogP contribution in [0.25, 0.3) is 21.7 Å². The van der Waals surface area contributed by atoms with Gasteiger partial charge in [-0.1, -0.05) is 36.4 Å². The third-order valence-corrected chi connectivity index (χ3v) is 8.54. The lowest BCUT2D eigenvalue weighted by molar-refractivity contribution is 0.0844. The van der Waals surface area contributed by atoms with Crippen LogP contribution in [-0.4, -0.2) is 43.2 Å². The summed E-state index contributed by atoms with van der Waals surface area (Å²) < 4.78 is 34.6. The Morgan fingerprint density at radius 3 is 2.37 bits per heavy atom. The van der Waals surface area contributed by atoms with Crippen LogP contribution in [0.3, 0.4) is 0 Å². The van der Waals surface area contributed by atoms with Gasteiger partial charge in [-0.05, 0) is 69.3 Å². The van der Waals surface area contributed by atoms with E-state index in [1.54, 1.807) is 29.2 Å². The number of benzene rings is 3. The highest BCUT2D eigenvalue weighted by molar-refractivity contribution is 7.91. The summed E-state index contributed by atoms with van der Waals surface area (Å²) >= 11 is 0. The van der Waals surface area contributed by atoms with Crippen LogP contribution in [0.5, 0.6) is 0 Å². The molecule has 0 unspecified atom stereocenters. The van der Waals surface area contributed by atoms with Crippen LogP contribution in [0, 0.1) is 6.92 Å². The zero-order valence-electron chi connectivity index (χ0n) is 21.1. The highest BCUT2D eigenvalue weighted by atomic mass is 32.2. The minimum atomic E-state index is -3.74. The maximum absolute atomic E-state index is 13.7. The molecule has 1 heterocycles. The van der Waals surface area contributed by atoms with Gasteiger partial charge in [0.05, 0.1) is 16.9 Å². The summed E-state index contributed by atoms with van der Waals surface area (Å²) in [6, 6.07) is 18.2. The summed E-state index contributed by atoms with van der Waals surface area (Å²) in [6.45, 7) is 8.38. The van der Waals surface area contributed by atoms with Crippen LogP contribution in [0.15, 0.2) is 70.5 Å². The topological polar surface area (TPSA) is 68.6 Å². The monoisotopic (exact) mass is 492 g/mol. The van der Waals surface area contributed by atoms with Gasteiger partial charge < -0.3 is 14.2 Å². The quantitative estimate of drug-likeness (QED) is 0.349. The number of sulfone groups is 1. The Balaban J connectivity index is 1.80. The van der Waals surface area contributed by atoms with Crippen LogP contribution < -0.4 is 0 Å². The van der Waals surface area contributed by atoms with Crippen LogP contribution in [-0.2, 0) is 28.0 Å². The van der Waals surface area contributed by atoms with E-state index in [2.05, 4.69) is 4.57 Å². The van der Waals surface area contributed by atoms with Gasteiger partial charge in [-0.2, -0.15) is 0 Å². The summed E-state index contributed by atoms with van der Waals surface area (Å²) in [4.78, 5) is 14.7. The molecule has 0 atom stereocenters. The molecule has 0 aliphatic rings. The van der Waals surface area contributed by atoms with Crippen molar-refractivity contribution in [2.75, 3.05) is 13.7 Å². The summed E-state index contributed by atoms with van der Waals surface area (Å²) in [6.07, 6.45) is 0.197. The summed E-state index contributed by atoms with van der Waals surface area (Å²) in [5.41, 5.74) is 2.61. The number of nitrogens with zero attached hydrogens (tertiary/aromatic N) is 2. The van der Waals surface area contributed by atoms with Gasteiger partial charge in [-0.15, -0.1) is 0 Å². The first-order valence-electron chi connectivity index (χ1n) is 11.6. The molecule has 1 aromatic heterocycles. The molecule has 0 N–H and O–H groups in total. The van der Waals surface area contributed by atoms with E-state index in [4.69, 9.17) is 4.74 Å². The van der Waals surface area contributed by atoms with Crippen molar-refractivity contribution in [1.29, 1.82) is 0 Å². The van der Waals surface area contributed by atoms with E-state index >= 15 is 0 Å². The number of aromatic nitrogens is 1. The molecule has 3 aromatic carbocycles. The highest BCUT2D eigenvalue weighted by Gasteiger charge is 2.28. The maximum atomic E-state index is 13.7. The summed E-state index contributed by atoms with van der Waals surface area (Å²) in [5.74, 6) is 0. The van der Waals surface area contributed by atoms with Gasteiger partial charge in [-0.25, -0.2) is 13.2 Å². The Kier molecular flexibility index (Phi) is 6.40. The first kappa shape index (κ1) is 24.8. The third kappa shape index (κ3) is 4.41. The molecule has 35 heavy (non-hydrogen) atoms. The predicted octanol–water partition coefficient (Wildman–Crippen LogP) is 5.88. The fourth-order valence-electron chi connectivity index (χ4n) is 4.70. The first-order valence-corrected chi connectivity index (χ1v) is 13.1. The largest absolute Gasteiger partial charge is 0.453 e. The van der Waals surface area contributed by atoms with E-state index in [0.717, 1.165) is 27.5 Å². The third-order valence-electron chi connectivity index (χ3n) is 6.73. The van der Waals surface area contributed by atoms with Crippen molar-refractivity contribution in [2.24, 2.45) is 7.05 Å². The average molecular weight is 493 g/mol. The van der Waals surface area contributed by atoms with Gasteiger partial charge in [-0.3, -0.25) is 0 Å². The van der Waals surface area contributed by atoms with E-state index in [1.807, 2.05) is 71.1 Å². The molecule has 0 aliphatic heterocycles. The Morgan fingerprint density at radius 1 is 1.00 bits per heavy atom. The molecule has 7 heteroatoms. The van der Waals surface area contributed by atoms with Gasteiger partial charge in [0.25, 0.3) is 0 Å². The van der Waals surface area contributed by atoms with Gasteiger partial charge in [0.15, 0.2) is 0 Å². The second kappa shape index (κ2) is 9.04. The van der Waals surface area contributed by atoms with E-state index in [0.29, 0.717) is 23.2 Å². The molecular weight excluding hydrogens is 460 g/mol. The summed E-state index contributed by atoms with van der Waals surface area (Å²) in [5, 5.41) is 2.47. The smallest absolute Gasteiger partial charge is 0.409 e. The molecule has 4 aromatic rings. The normalized spacial score (nSPS) is 12.3. The van der Waals surface area contributed by atoms with Gasteiger partial charge in [0.1, 0.15) is 0 Å². The van der Waals surface area contributed by atoms with Crippen LogP contribution >= 0.6 is 0 Å². The van der Waals surface area contributed by atoms with E-state index < -0.39 is 15.4 Å². The molecular formula is C28H32N2O4S. The fourth-order valence-corrected chi connectivity index (χ4v) is 6.21. The minimum Gasteiger partial charge on any atom is -0.453 e. The number of methoxy groups -OCH3 is 1. The molecule has 4 rings (SSSR count). The molecule has 0 fully saturated rings. The molecule has 1 amide bonds. The van der Waals surface area contributed by atoms with Crippen molar-refractivity contribution in [3.63, 3.8) is 0 Å². The number of carbonyl (C=O) groups excluding carboxylic acids is 1. The van der Waals surface area contributed by atoms with E-state index in [1.165, 1.54) is 7.11 Å². The molecule has 0 saturated heterocycles. The Bertz CT molecular complexity index is 1520. The van der Waals surface area contributed by atoms with Gasteiger partial charge in [0.2, 0.25) is 9.84 Å². The lowest BCUT2D eigenvalue weighted by Gasteiger charge is -2.34. The molecule has 6 nitrogen and oxygen atoms in total. The van der Waals surface area contributed by atoms with Gasteiger partial charge >= 0.3 is 6.09 Å². The van der Waals surface area contributed by atoms with Crippen molar-refractivity contribution in [1.82, 2.24) is 9.47 Å². The first-order chi connectivity index (χ1) is 16.5. The number of ether oxygens (including phenoxy) is 1. The second-order valence-electron chi connectivity index (χ2n) is 9.83. The van der Waals surface area contributed by atoms with E-state index in [-0.39, 0.29) is 11.0 Å². The molecule has 0 spiro atoms. The minimum absolute atomic E-state index is 0.258. The van der Waals surface area contributed by atoms with E-state index in [9.17, 15) is 13.2 Å². The van der Waals surface area contributed by atoms with Crippen molar-refractivity contribution in [2.45, 2.75) is 49.4 Å². The van der Waals surface area contributed by atoms with Crippen molar-refractivity contribution in [3.8, 4) is 0 Å². The number of rotatable bonds is 5. The molecule has 0 bridgehead atoms. The van der Waals surface area contributed by atoms with Crippen LogP contribution in [0.4, 0.5) is 4.79 Å². The van der Waals surface area contributed by atoms with Crippen molar-refractivity contribution in [3.05, 3.63) is 71.9 Å². The maximum Gasteiger partial charge on any atom is 0.409 e. The predicted molar refractivity (Wildman–Crippen MR) is 140 cm³/mol. The Morgan fingerprint density at radius 2 is 1.69 bits per heavy atom. The fraction of sp³-hybridized carbons (Fsp3) is 0.321.